The lowest BCUT2D eigenvalue weighted by molar-refractivity contribution is 0.0981. The molecular weight excluding hydrogens is 486 g/mol. The van der Waals surface area contributed by atoms with Gasteiger partial charge in [-0.2, -0.15) is 8.42 Å². The summed E-state index contributed by atoms with van der Waals surface area (Å²) in [6.45, 7) is 7.09. The number of nitrogens with zero attached hydrogens (tertiary/aromatic N) is 4. The molecule has 2 aromatic heterocycles. The molecule has 1 fully saturated rings. The SMILES string of the molecule is CC1CCN(c2ncccc2C(=O)NS(=O)(=O)c2cccc(N(C)c3ccccc3Cl)n2)C1(C)C. The molecule has 1 aliphatic rings. The fourth-order valence-corrected chi connectivity index (χ4v) is 5.41. The summed E-state index contributed by atoms with van der Waals surface area (Å²) in [5, 5.41) is 0.226. The normalized spacial score (nSPS) is 17.3. The average molecular weight is 514 g/mol. The highest BCUT2D eigenvalue weighted by Gasteiger charge is 2.40. The Bertz CT molecular complexity index is 1360. The lowest BCUT2D eigenvalue weighted by Gasteiger charge is -2.36. The van der Waals surface area contributed by atoms with E-state index in [2.05, 4.69) is 40.4 Å². The number of anilines is 3. The number of amides is 1. The molecule has 35 heavy (non-hydrogen) atoms. The molecule has 8 nitrogen and oxygen atoms in total. The van der Waals surface area contributed by atoms with Crippen molar-refractivity contribution < 1.29 is 13.2 Å². The van der Waals surface area contributed by atoms with E-state index in [4.69, 9.17) is 11.6 Å². The van der Waals surface area contributed by atoms with Gasteiger partial charge in [-0.05, 0) is 62.6 Å². The van der Waals surface area contributed by atoms with Gasteiger partial charge in [0.25, 0.3) is 15.9 Å². The van der Waals surface area contributed by atoms with E-state index < -0.39 is 15.9 Å². The van der Waals surface area contributed by atoms with Crippen molar-refractivity contribution in [2.24, 2.45) is 5.92 Å². The second-order valence-corrected chi connectivity index (χ2v) is 11.2. The van der Waals surface area contributed by atoms with Crippen LogP contribution in [0.15, 0.2) is 65.8 Å². The summed E-state index contributed by atoms with van der Waals surface area (Å²) < 4.78 is 28.4. The summed E-state index contributed by atoms with van der Waals surface area (Å²) >= 11 is 6.28. The van der Waals surface area contributed by atoms with Crippen molar-refractivity contribution in [3.05, 3.63) is 71.4 Å². The molecule has 1 aromatic carbocycles. The molecule has 0 aliphatic carbocycles. The second kappa shape index (κ2) is 9.47. The molecule has 1 N–H and O–H groups in total. The van der Waals surface area contributed by atoms with Gasteiger partial charge in [-0.1, -0.05) is 36.7 Å². The molecule has 1 saturated heterocycles. The van der Waals surface area contributed by atoms with E-state index in [9.17, 15) is 13.2 Å². The Labute approximate surface area is 211 Å². The molecule has 0 bridgehead atoms. The van der Waals surface area contributed by atoms with Crippen LogP contribution in [0.25, 0.3) is 0 Å². The van der Waals surface area contributed by atoms with Gasteiger partial charge >= 0.3 is 0 Å². The van der Waals surface area contributed by atoms with E-state index in [0.29, 0.717) is 28.3 Å². The third-order valence-corrected chi connectivity index (χ3v) is 8.29. The van der Waals surface area contributed by atoms with Crippen molar-refractivity contribution in [1.82, 2.24) is 14.7 Å². The maximum atomic E-state index is 13.2. The van der Waals surface area contributed by atoms with E-state index in [0.717, 1.165) is 13.0 Å². The Morgan fingerprint density at radius 2 is 1.89 bits per heavy atom. The van der Waals surface area contributed by atoms with E-state index in [1.807, 2.05) is 6.07 Å². The first-order valence-electron chi connectivity index (χ1n) is 11.3. The predicted molar refractivity (Wildman–Crippen MR) is 138 cm³/mol. The van der Waals surface area contributed by atoms with Crippen molar-refractivity contribution in [2.75, 3.05) is 23.4 Å². The summed E-state index contributed by atoms with van der Waals surface area (Å²) in [5.41, 5.74) is 0.645. The topological polar surface area (TPSA) is 95.5 Å². The lowest BCUT2D eigenvalue weighted by atomic mass is 9.90. The van der Waals surface area contributed by atoms with Crippen LogP contribution in [0.1, 0.15) is 37.6 Å². The summed E-state index contributed by atoms with van der Waals surface area (Å²) in [5.74, 6) is 0.472. The molecule has 4 rings (SSSR count). The number of hydrogen-bond donors (Lipinski definition) is 1. The third-order valence-electron chi connectivity index (χ3n) is 6.74. The molecule has 3 aromatic rings. The van der Waals surface area contributed by atoms with Gasteiger partial charge < -0.3 is 9.80 Å². The highest BCUT2D eigenvalue weighted by atomic mass is 35.5. The molecule has 3 heterocycles. The highest BCUT2D eigenvalue weighted by molar-refractivity contribution is 7.90. The zero-order valence-corrected chi connectivity index (χ0v) is 21.6. The Morgan fingerprint density at radius 3 is 2.57 bits per heavy atom. The fourth-order valence-electron chi connectivity index (χ4n) is 4.22. The Hall–Kier alpha value is -3.17. The van der Waals surface area contributed by atoms with E-state index in [1.165, 1.54) is 6.07 Å². The zero-order chi connectivity index (χ0) is 25.4. The Kier molecular flexibility index (Phi) is 6.75. The highest BCUT2D eigenvalue weighted by Crippen LogP contribution is 2.38. The maximum Gasteiger partial charge on any atom is 0.281 e. The van der Waals surface area contributed by atoms with Crippen LogP contribution in [0.3, 0.4) is 0 Å². The van der Waals surface area contributed by atoms with Crippen molar-refractivity contribution >= 4 is 44.9 Å². The van der Waals surface area contributed by atoms with Crippen LogP contribution in [0.5, 0.6) is 0 Å². The van der Waals surface area contributed by atoms with Crippen molar-refractivity contribution in [3.8, 4) is 0 Å². The first kappa shape index (κ1) is 24.9. The van der Waals surface area contributed by atoms with Gasteiger partial charge in [-0.15, -0.1) is 0 Å². The van der Waals surface area contributed by atoms with Crippen LogP contribution in [-0.4, -0.2) is 43.4 Å². The van der Waals surface area contributed by atoms with Gasteiger partial charge in [0, 0.05) is 25.3 Å². The minimum atomic E-state index is -4.25. The number of nitrogens with one attached hydrogen (secondary N) is 1. The minimum Gasteiger partial charge on any atom is -0.351 e. The van der Waals surface area contributed by atoms with Crippen LogP contribution in [0.2, 0.25) is 5.02 Å². The van der Waals surface area contributed by atoms with Crippen LogP contribution in [0, 0.1) is 5.92 Å². The quantitative estimate of drug-likeness (QED) is 0.513. The molecule has 1 unspecified atom stereocenters. The number of aromatic nitrogens is 2. The summed E-state index contributed by atoms with van der Waals surface area (Å²) in [6, 6.07) is 15.0. The number of carbonyl (C=O) groups excluding carboxylic acids is 1. The van der Waals surface area contributed by atoms with Gasteiger partial charge in [-0.25, -0.2) is 14.7 Å². The molecule has 1 amide bonds. The number of carbonyl (C=O) groups is 1. The number of hydrogen-bond acceptors (Lipinski definition) is 7. The van der Waals surface area contributed by atoms with E-state index in [1.54, 1.807) is 60.6 Å². The van der Waals surface area contributed by atoms with Gasteiger partial charge in [0.15, 0.2) is 5.03 Å². The fraction of sp³-hybridized carbons (Fsp3) is 0.320. The van der Waals surface area contributed by atoms with E-state index in [-0.39, 0.29) is 16.1 Å². The zero-order valence-electron chi connectivity index (χ0n) is 20.1. The lowest BCUT2D eigenvalue weighted by Crippen LogP contribution is -2.43. The number of benzene rings is 1. The molecule has 10 heteroatoms. The summed E-state index contributed by atoms with van der Waals surface area (Å²) in [7, 11) is -2.52. The number of rotatable bonds is 6. The van der Waals surface area contributed by atoms with Crippen molar-refractivity contribution in [3.63, 3.8) is 0 Å². The van der Waals surface area contributed by atoms with E-state index >= 15 is 0 Å². The molecule has 1 aliphatic heterocycles. The third kappa shape index (κ3) is 4.83. The molecule has 1 atom stereocenters. The largest absolute Gasteiger partial charge is 0.351 e. The smallest absolute Gasteiger partial charge is 0.281 e. The van der Waals surface area contributed by atoms with Gasteiger partial charge in [0.05, 0.1) is 16.3 Å². The number of sulfonamides is 1. The van der Waals surface area contributed by atoms with Gasteiger partial charge in [-0.3, -0.25) is 4.79 Å². The predicted octanol–water partition coefficient (Wildman–Crippen LogP) is 4.64. The summed E-state index contributed by atoms with van der Waals surface area (Å²) in [6.07, 6.45) is 2.56. The first-order valence-corrected chi connectivity index (χ1v) is 13.1. The van der Waals surface area contributed by atoms with Crippen molar-refractivity contribution in [2.45, 2.75) is 37.8 Å². The Morgan fingerprint density at radius 1 is 1.14 bits per heavy atom. The Balaban J connectivity index is 1.61. The number of halogens is 1. The van der Waals surface area contributed by atoms with Crippen LogP contribution in [-0.2, 0) is 10.0 Å². The average Bonchev–Trinajstić information content (AvgIpc) is 3.10. The molecular formula is C25H28ClN5O3S. The van der Waals surface area contributed by atoms with Crippen LogP contribution >= 0.6 is 11.6 Å². The maximum absolute atomic E-state index is 13.2. The molecule has 184 valence electrons. The first-order chi connectivity index (χ1) is 16.5. The van der Waals surface area contributed by atoms with Crippen molar-refractivity contribution in [1.29, 1.82) is 0 Å². The second-order valence-electron chi connectivity index (χ2n) is 9.15. The number of pyridine rings is 2. The van der Waals surface area contributed by atoms with Gasteiger partial charge in [0.1, 0.15) is 11.6 Å². The summed E-state index contributed by atoms with van der Waals surface area (Å²) in [4.78, 5) is 25.6. The molecule has 0 spiro atoms. The number of para-hydroxylation sites is 1. The monoisotopic (exact) mass is 513 g/mol. The van der Waals surface area contributed by atoms with Crippen LogP contribution < -0.4 is 14.5 Å². The molecule has 0 saturated carbocycles. The minimum absolute atomic E-state index is 0.197. The molecule has 0 radical (unpaired) electrons. The standard InChI is InChI=1S/C25H28ClN5O3S/c1-17-14-16-31(25(17,2)3)23-18(9-8-15-27-23)24(32)29-35(33,34)22-13-7-12-21(28-22)30(4)20-11-6-5-10-19(20)26/h5-13,15,17H,14,16H2,1-4H3,(H,29,32). The van der Waals surface area contributed by atoms with Crippen LogP contribution in [0.4, 0.5) is 17.3 Å². The van der Waals surface area contributed by atoms with Gasteiger partial charge in [0.2, 0.25) is 0 Å².